The minimum Gasteiger partial charge on any atom is -1.00 e. The van der Waals surface area contributed by atoms with Gasteiger partial charge in [-0.1, -0.05) is 277 Å². The predicted molar refractivity (Wildman–Crippen MR) is 292 cm³/mol. The molecule has 0 bridgehead atoms. The summed E-state index contributed by atoms with van der Waals surface area (Å²) in [6.07, 6.45) is 71.9. The predicted octanol–water partition coefficient (Wildman–Crippen LogP) is 14.0. The summed E-state index contributed by atoms with van der Waals surface area (Å²) in [6, 6.07) is 18.9. The number of rotatable bonds is 45. The Labute approximate surface area is 442 Å². The van der Waals surface area contributed by atoms with Gasteiger partial charge in [-0.15, -0.1) is 0 Å². The van der Waals surface area contributed by atoms with E-state index in [0.717, 1.165) is 6.42 Å². The van der Waals surface area contributed by atoms with Gasteiger partial charge in [0.15, 0.2) is 24.8 Å². The van der Waals surface area contributed by atoms with Crippen molar-refractivity contribution in [2.45, 2.75) is 310 Å². The molecule has 0 unspecified atom stereocenters. The smallest absolute Gasteiger partial charge is 0.168 e. The summed E-state index contributed by atoms with van der Waals surface area (Å²) in [6.45, 7) is 9.23. The monoisotopic (exact) mass is 1030 g/mol. The van der Waals surface area contributed by atoms with E-state index in [1.54, 1.807) is 0 Å². The first-order valence-electron chi connectivity index (χ1n) is 29.6. The number of unbranched alkanes of at least 4 members (excludes halogenated alkanes) is 39. The van der Waals surface area contributed by atoms with Crippen molar-refractivity contribution in [1.29, 1.82) is 0 Å². The third kappa shape index (κ3) is 52.1. The molecule has 3 rings (SSSR count). The molecule has 0 aliphatic heterocycles. The molecule has 0 N–H and O–H groups in total. The molecule has 394 valence electrons. The highest BCUT2D eigenvalue weighted by atomic mass is 79.9. The average molecular weight is 1030 g/mol. The zero-order valence-electron chi connectivity index (χ0n) is 45.5. The first kappa shape index (κ1) is 68.3. The number of halogens is 2. The molecule has 0 radical (unpaired) electrons. The van der Waals surface area contributed by atoms with Gasteiger partial charge < -0.3 is 29.4 Å². The quantitative estimate of drug-likeness (QED) is 0.0408. The number of pyridine rings is 3. The lowest BCUT2D eigenvalue weighted by Gasteiger charge is -2.03. The number of hydrogen-bond donors (Lipinski definition) is 0. The Bertz CT molecular complexity index is 1140. The van der Waals surface area contributed by atoms with Crippen molar-refractivity contribution in [2.24, 2.45) is 0 Å². The fraction of sp³-hybridized carbons (Fsp3) is 0.762. The normalized spacial score (nSPS) is 10.6. The van der Waals surface area contributed by atoms with E-state index in [1.807, 2.05) is 12.3 Å². The summed E-state index contributed by atoms with van der Waals surface area (Å²) in [4.78, 5) is 4.38. The van der Waals surface area contributed by atoms with E-state index in [2.05, 4.69) is 108 Å². The van der Waals surface area contributed by atoms with E-state index in [1.165, 1.54) is 288 Å². The maximum atomic E-state index is 4.38. The van der Waals surface area contributed by atoms with Crippen molar-refractivity contribution in [3.63, 3.8) is 0 Å². The van der Waals surface area contributed by atoms with E-state index < -0.39 is 0 Å². The molecule has 0 aliphatic carbocycles. The van der Waals surface area contributed by atoms with Gasteiger partial charge in [0.1, 0.15) is 13.1 Å². The summed E-state index contributed by atoms with van der Waals surface area (Å²) in [5.41, 5.74) is 1.25. The van der Waals surface area contributed by atoms with E-state index in [4.69, 9.17) is 0 Å². The van der Waals surface area contributed by atoms with Crippen molar-refractivity contribution in [3.8, 4) is 0 Å². The van der Waals surface area contributed by atoms with Crippen LogP contribution in [0.3, 0.4) is 0 Å². The molecule has 5 heteroatoms. The summed E-state index contributed by atoms with van der Waals surface area (Å²) >= 11 is 0. The Morgan fingerprint density at radius 1 is 0.294 bits per heavy atom. The zero-order valence-corrected chi connectivity index (χ0v) is 47.8. The van der Waals surface area contributed by atoms with Gasteiger partial charge in [0, 0.05) is 49.0 Å². The van der Waals surface area contributed by atoms with Crippen LogP contribution in [0.4, 0.5) is 0 Å². The van der Waals surface area contributed by atoms with Crippen molar-refractivity contribution in [3.05, 3.63) is 91.3 Å². The minimum atomic E-state index is 0. The standard InChI is InChI=1S/2C21H38N.C21H37N.BrH.ClH/c2*1-2-3-4-5-6-7-8-9-10-11-12-13-14-16-19-22-20-17-15-18-21-22;1-2-3-4-5-6-7-8-9-10-11-12-13-14-15-18-21-19-16-17-20-22-21;;/h2*15,17-18,20-21H,2-14,16,19H2,1H3;16-17,19-20H,2-15,18H2,1H3;2*1H/q2*+1;;;/p-2. The van der Waals surface area contributed by atoms with Crippen LogP contribution in [0, 0.1) is 0 Å². The average Bonchev–Trinajstić information content (AvgIpc) is 3.35. The van der Waals surface area contributed by atoms with E-state index in [0.29, 0.717) is 0 Å². The fourth-order valence-electron chi connectivity index (χ4n) is 9.19. The lowest BCUT2D eigenvalue weighted by molar-refractivity contribution is -0.697. The lowest BCUT2D eigenvalue weighted by Crippen LogP contribution is -3.00. The third-order valence-corrected chi connectivity index (χ3v) is 13.6. The van der Waals surface area contributed by atoms with E-state index >= 15 is 0 Å². The summed E-state index contributed by atoms with van der Waals surface area (Å²) in [5.74, 6) is 0. The Morgan fingerprint density at radius 2 is 0.544 bits per heavy atom. The highest BCUT2D eigenvalue weighted by Gasteiger charge is 2.01. The lowest BCUT2D eigenvalue weighted by atomic mass is 10.0. The molecule has 68 heavy (non-hydrogen) atoms. The van der Waals surface area contributed by atoms with Gasteiger partial charge in [0.05, 0.1) is 0 Å². The molecule has 3 aromatic rings. The van der Waals surface area contributed by atoms with E-state index in [-0.39, 0.29) is 29.4 Å². The van der Waals surface area contributed by atoms with Crippen LogP contribution in [0.15, 0.2) is 85.6 Å². The van der Waals surface area contributed by atoms with Gasteiger partial charge in [-0.3, -0.25) is 4.98 Å². The Hall–Kier alpha value is -1.78. The van der Waals surface area contributed by atoms with Crippen molar-refractivity contribution in [1.82, 2.24) is 4.98 Å². The first-order chi connectivity index (χ1) is 32.8. The maximum Gasteiger partial charge on any atom is 0.168 e. The number of hydrogen-bond acceptors (Lipinski definition) is 1. The molecule has 0 saturated carbocycles. The van der Waals surface area contributed by atoms with Crippen molar-refractivity contribution in [2.75, 3.05) is 0 Å². The zero-order chi connectivity index (χ0) is 47.2. The highest BCUT2D eigenvalue weighted by Crippen LogP contribution is 2.16. The SMILES string of the molecule is CCCCCCCCCCCCCCCC[n+]1ccccc1.CCCCCCCCCCCCCCCC[n+]1ccccc1.CCCCCCCCCCCCCCCCc1ccccn1.[Br-].[Cl-]. The largest absolute Gasteiger partial charge is 1.00 e. The first-order valence-corrected chi connectivity index (χ1v) is 29.6. The molecule has 0 aliphatic rings. The van der Waals surface area contributed by atoms with Crippen LogP contribution in [-0.2, 0) is 19.5 Å². The van der Waals surface area contributed by atoms with Gasteiger partial charge in [-0.2, -0.15) is 0 Å². The Morgan fingerprint density at radius 3 is 0.794 bits per heavy atom. The second kappa shape index (κ2) is 59.5. The van der Waals surface area contributed by atoms with Crippen LogP contribution in [0.1, 0.15) is 296 Å². The molecule has 0 spiro atoms. The second-order valence-corrected chi connectivity index (χ2v) is 20.1. The molecule has 0 atom stereocenters. The van der Waals surface area contributed by atoms with Gasteiger partial charge in [0.25, 0.3) is 0 Å². The molecule has 3 nitrogen and oxygen atoms in total. The van der Waals surface area contributed by atoms with Crippen LogP contribution >= 0.6 is 0 Å². The third-order valence-electron chi connectivity index (χ3n) is 13.6. The molecule has 0 amide bonds. The highest BCUT2D eigenvalue weighted by molar-refractivity contribution is 5.03. The molecular formula is C63H113BrClN3. The van der Waals surface area contributed by atoms with Crippen LogP contribution in [-0.4, -0.2) is 4.98 Å². The van der Waals surface area contributed by atoms with Gasteiger partial charge in [0.2, 0.25) is 0 Å². The molecular weight excluding hydrogens is 914 g/mol. The van der Waals surface area contributed by atoms with Crippen LogP contribution in [0.5, 0.6) is 0 Å². The molecule has 0 aromatic carbocycles. The number of aromatic nitrogens is 3. The van der Waals surface area contributed by atoms with Crippen molar-refractivity contribution >= 4 is 0 Å². The van der Waals surface area contributed by atoms with Gasteiger partial charge in [-0.05, 0) is 37.8 Å². The molecule has 0 saturated heterocycles. The van der Waals surface area contributed by atoms with Crippen LogP contribution in [0.25, 0.3) is 0 Å². The maximum absolute atomic E-state index is 4.38. The Kier molecular flexibility index (Phi) is 59.8. The number of nitrogens with zero attached hydrogens (tertiary/aromatic N) is 3. The van der Waals surface area contributed by atoms with Crippen molar-refractivity contribution < 1.29 is 38.5 Å². The molecule has 3 heterocycles. The molecule has 3 aromatic heterocycles. The Balaban J connectivity index is 0. The summed E-state index contributed by atoms with van der Waals surface area (Å²) < 4.78 is 4.58. The summed E-state index contributed by atoms with van der Waals surface area (Å²) in [5, 5.41) is 0. The number of aryl methyl sites for hydroxylation is 3. The molecule has 0 fully saturated rings. The fourth-order valence-corrected chi connectivity index (χ4v) is 9.19. The van der Waals surface area contributed by atoms with Gasteiger partial charge in [-0.25, -0.2) is 9.13 Å². The van der Waals surface area contributed by atoms with Crippen LogP contribution < -0.4 is 38.5 Å². The van der Waals surface area contributed by atoms with Gasteiger partial charge >= 0.3 is 0 Å². The topological polar surface area (TPSA) is 20.6 Å². The minimum absolute atomic E-state index is 0. The van der Waals surface area contributed by atoms with Crippen LogP contribution in [0.2, 0.25) is 0 Å². The van der Waals surface area contributed by atoms with E-state index in [9.17, 15) is 0 Å². The second-order valence-electron chi connectivity index (χ2n) is 20.1. The summed E-state index contributed by atoms with van der Waals surface area (Å²) in [7, 11) is 0.